The number of benzene rings is 1. The van der Waals surface area contributed by atoms with Crippen LogP contribution in [0.15, 0.2) is 30.6 Å². The van der Waals surface area contributed by atoms with Crippen molar-refractivity contribution in [2.45, 2.75) is 26.3 Å². The van der Waals surface area contributed by atoms with Gasteiger partial charge in [0.2, 0.25) is 5.91 Å². The Balaban J connectivity index is 2.05. The van der Waals surface area contributed by atoms with Crippen LogP contribution in [0, 0.1) is 0 Å². The van der Waals surface area contributed by atoms with Crippen molar-refractivity contribution in [3.63, 3.8) is 0 Å². The molecule has 1 heterocycles. The lowest BCUT2D eigenvalue weighted by Gasteiger charge is -2.11. The van der Waals surface area contributed by atoms with E-state index in [0.29, 0.717) is 16.5 Å². The fourth-order valence-corrected chi connectivity index (χ4v) is 2.31. The van der Waals surface area contributed by atoms with Gasteiger partial charge in [0.05, 0.1) is 12.1 Å². The molecule has 1 aromatic carbocycles. The van der Waals surface area contributed by atoms with Crippen LogP contribution in [-0.2, 0) is 11.3 Å². The van der Waals surface area contributed by atoms with Crippen molar-refractivity contribution in [3.8, 4) is 5.75 Å². The van der Waals surface area contributed by atoms with Crippen molar-refractivity contribution in [1.29, 1.82) is 0 Å². The maximum atomic E-state index is 12.1. The summed E-state index contributed by atoms with van der Waals surface area (Å²) in [7, 11) is 1.55. The van der Waals surface area contributed by atoms with Crippen molar-refractivity contribution in [3.05, 3.63) is 41.4 Å². The molecule has 0 atom stereocenters. The molecule has 0 aliphatic rings. The minimum atomic E-state index is -0.129. The number of ether oxygens (including phenoxy) is 1. The summed E-state index contributed by atoms with van der Waals surface area (Å²) in [6.07, 6.45) is 3.50. The average Bonchev–Trinajstić information content (AvgIpc) is 2.87. The zero-order valence-corrected chi connectivity index (χ0v) is 13.0. The van der Waals surface area contributed by atoms with Crippen LogP contribution in [0.4, 0.5) is 5.69 Å². The van der Waals surface area contributed by atoms with Gasteiger partial charge in [0.15, 0.2) is 0 Å². The highest BCUT2D eigenvalue weighted by Gasteiger charge is 2.11. The lowest BCUT2D eigenvalue weighted by Crippen LogP contribution is -2.20. The maximum Gasteiger partial charge on any atom is 0.244 e. The van der Waals surface area contributed by atoms with Gasteiger partial charge in [0.1, 0.15) is 18.1 Å². The number of amides is 1. The zero-order chi connectivity index (χ0) is 15.4. The Morgan fingerprint density at radius 1 is 1.48 bits per heavy atom. The highest BCUT2D eigenvalue weighted by atomic mass is 35.5. The number of imidazole rings is 1. The van der Waals surface area contributed by atoms with Crippen molar-refractivity contribution in [2.24, 2.45) is 0 Å². The Morgan fingerprint density at radius 3 is 2.86 bits per heavy atom. The Hall–Kier alpha value is -2.01. The van der Waals surface area contributed by atoms with E-state index in [1.807, 2.05) is 18.4 Å². The van der Waals surface area contributed by atoms with Crippen molar-refractivity contribution < 1.29 is 9.53 Å². The molecule has 5 nitrogen and oxygen atoms in total. The second-order valence-electron chi connectivity index (χ2n) is 4.97. The quantitative estimate of drug-likeness (QED) is 0.922. The average molecular weight is 308 g/mol. The third kappa shape index (κ3) is 3.76. The second kappa shape index (κ2) is 6.63. The molecule has 1 aromatic heterocycles. The van der Waals surface area contributed by atoms with Crippen molar-refractivity contribution in [2.75, 3.05) is 12.4 Å². The minimum Gasteiger partial charge on any atom is -0.495 e. The van der Waals surface area contributed by atoms with E-state index in [2.05, 4.69) is 10.3 Å². The van der Waals surface area contributed by atoms with Gasteiger partial charge in [0, 0.05) is 24.0 Å². The van der Waals surface area contributed by atoms with E-state index in [1.165, 1.54) is 0 Å². The van der Waals surface area contributed by atoms with Crippen molar-refractivity contribution in [1.82, 2.24) is 9.55 Å². The molecule has 6 heteroatoms. The van der Waals surface area contributed by atoms with Gasteiger partial charge in [-0.2, -0.15) is 0 Å². The fourth-order valence-electron chi connectivity index (χ4n) is 2.05. The highest BCUT2D eigenvalue weighted by molar-refractivity contribution is 6.32. The molecule has 21 heavy (non-hydrogen) atoms. The molecular formula is C15H18ClN3O2. The van der Waals surface area contributed by atoms with Crippen LogP contribution in [-0.4, -0.2) is 22.6 Å². The molecule has 2 rings (SSSR count). The summed E-state index contributed by atoms with van der Waals surface area (Å²) in [4.78, 5) is 16.3. The molecular weight excluding hydrogens is 290 g/mol. The lowest BCUT2D eigenvalue weighted by molar-refractivity contribution is -0.116. The van der Waals surface area contributed by atoms with Gasteiger partial charge in [-0.15, -0.1) is 0 Å². The standard InChI is InChI=1S/C15H18ClN3O2/c1-10(2)15-17-6-7-19(15)9-14(20)18-11-4-5-13(21-3)12(16)8-11/h4-8,10H,9H2,1-3H3,(H,18,20). The molecule has 0 radical (unpaired) electrons. The van der Waals surface area contributed by atoms with Crippen molar-refractivity contribution >= 4 is 23.2 Å². The minimum absolute atomic E-state index is 0.129. The predicted octanol–water partition coefficient (Wildman–Crippen LogP) is 3.31. The smallest absolute Gasteiger partial charge is 0.244 e. The van der Waals surface area contributed by atoms with Gasteiger partial charge in [-0.05, 0) is 18.2 Å². The van der Waals surface area contributed by atoms with Crippen LogP contribution in [0.2, 0.25) is 5.02 Å². The van der Waals surface area contributed by atoms with Gasteiger partial charge in [-0.25, -0.2) is 4.98 Å². The Labute approximate surface area is 128 Å². The number of aromatic nitrogens is 2. The molecule has 0 aliphatic heterocycles. The monoisotopic (exact) mass is 307 g/mol. The van der Waals surface area contributed by atoms with E-state index in [9.17, 15) is 4.79 Å². The van der Waals surface area contributed by atoms with Gasteiger partial charge < -0.3 is 14.6 Å². The van der Waals surface area contributed by atoms with Crippen LogP contribution in [0.5, 0.6) is 5.75 Å². The van der Waals surface area contributed by atoms with E-state index >= 15 is 0 Å². The summed E-state index contributed by atoms with van der Waals surface area (Å²) in [5.74, 6) is 1.60. The highest BCUT2D eigenvalue weighted by Crippen LogP contribution is 2.27. The number of carbonyl (C=O) groups excluding carboxylic acids is 1. The summed E-state index contributed by atoms with van der Waals surface area (Å²) in [6.45, 7) is 4.30. The summed E-state index contributed by atoms with van der Waals surface area (Å²) in [5.41, 5.74) is 0.636. The number of nitrogens with one attached hydrogen (secondary N) is 1. The summed E-state index contributed by atoms with van der Waals surface area (Å²) < 4.78 is 6.91. The molecule has 1 amide bonds. The Morgan fingerprint density at radius 2 is 2.24 bits per heavy atom. The molecule has 0 saturated heterocycles. The van der Waals surface area contributed by atoms with E-state index in [0.717, 1.165) is 5.82 Å². The maximum absolute atomic E-state index is 12.1. The number of halogens is 1. The molecule has 2 aromatic rings. The molecule has 0 saturated carbocycles. The Kier molecular flexibility index (Phi) is 4.85. The first-order valence-electron chi connectivity index (χ1n) is 6.65. The molecule has 0 spiro atoms. The molecule has 0 bridgehead atoms. The lowest BCUT2D eigenvalue weighted by atomic mass is 10.2. The topological polar surface area (TPSA) is 56.1 Å². The second-order valence-corrected chi connectivity index (χ2v) is 5.37. The summed E-state index contributed by atoms with van der Waals surface area (Å²) >= 11 is 6.03. The van der Waals surface area contributed by atoms with E-state index < -0.39 is 0 Å². The number of rotatable bonds is 5. The van der Waals surface area contributed by atoms with Crippen LogP contribution in [0.1, 0.15) is 25.6 Å². The number of nitrogens with zero attached hydrogens (tertiary/aromatic N) is 2. The molecule has 112 valence electrons. The molecule has 1 N–H and O–H groups in total. The normalized spacial score (nSPS) is 10.7. The Bertz CT molecular complexity index is 638. The summed E-state index contributed by atoms with van der Waals surface area (Å²) in [5, 5.41) is 3.27. The SMILES string of the molecule is COc1ccc(NC(=O)Cn2ccnc2C(C)C)cc1Cl. The van der Waals surface area contributed by atoms with E-state index in [4.69, 9.17) is 16.3 Å². The molecule has 0 unspecified atom stereocenters. The number of hydrogen-bond acceptors (Lipinski definition) is 3. The van der Waals surface area contributed by atoms with Crippen LogP contribution < -0.4 is 10.1 Å². The molecule has 0 fully saturated rings. The van der Waals surface area contributed by atoms with E-state index in [-0.39, 0.29) is 18.4 Å². The first-order chi connectivity index (χ1) is 10.0. The van der Waals surface area contributed by atoms with Crippen LogP contribution in [0.3, 0.4) is 0 Å². The van der Waals surface area contributed by atoms with Gasteiger partial charge >= 0.3 is 0 Å². The van der Waals surface area contributed by atoms with Gasteiger partial charge in [0.25, 0.3) is 0 Å². The first-order valence-corrected chi connectivity index (χ1v) is 7.03. The van der Waals surface area contributed by atoms with Crippen LogP contribution >= 0.6 is 11.6 Å². The number of hydrogen-bond donors (Lipinski definition) is 1. The number of carbonyl (C=O) groups is 1. The first kappa shape index (κ1) is 15.4. The fraction of sp³-hybridized carbons (Fsp3) is 0.333. The largest absolute Gasteiger partial charge is 0.495 e. The van der Waals surface area contributed by atoms with Gasteiger partial charge in [-0.1, -0.05) is 25.4 Å². The number of anilines is 1. The number of methoxy groups -OCH3 is 1. The predicted molar refractivity (Wildman–Crippen MR) is 82.9 cm³/mol. The third-order valence-corrected chi connectivity index (χ3v) is 3.31. The summed E-state index contributed by atoms with van der Waals surface area (Å²) in [6, 6.07) is 5.13. The zero-order valence-electron chi connectivity index (χ0n) is 12.3. The van der Waals surface area contributed by atoms with Crippen LogP contribution in [0.25, 0.3) is 0 Å². The molecule has 0 aliphatic carbocycles. The van der Waals surface area contributed by atoms with Gasteiger partial charge in [-0.3, -0.25) is 4.79 Å². The van der Waals surface area contributed by atoms with E-state index in [1.54, 1.807) is 37.7 Å². The third-order valence-electron chi connectivity index (χ3n) is 3.01.